The van der Waals surface area contributed by atoms with Gasteiger partial charge in [-0.3, -0.25) is 14.9 Å². The lowest BCUT2D eigenvalue weighted by molar-refractivity contribution is -0.384. The lowest BCUT2D eigenvalue weighted by Gasteiger charge is -2.03. The van der Waals surface area contributed by atoms with Crippen molar-refractivity contribution in [1.82, 2.24) is 20.0 Å². The van der Waals surface area contributed by atoms with Gasteiger partial charge in [-0.15, -0.1) is 5.10 Å². The van der Waals surface area contributed by atoms with Gasteiger partial charge in [0.2, 0.25) is 15.7 Å². The number of nitro benzene ring substituents is 1. The minimum atomic E-state index is -3.92. The number of nitrogens with zero attached hydrogens (tertiary/aromatic N) is 5. The molecule has 0 saturated heterocycles. The van der Waals surface area contributed by atoms with Crippen LogP contribution in [0.4, 0.5) is 10.8 Å². The topological polar surface area (TPSA) is 150 Å². The summed E-state index contributed by atoms with van der Waals surface area (Å²) in [6.07, 6.45) is 1.13. The molecule has 0 atom stereocenters. The number of sulfone groups is 1. The van der Waals surface area contributed by atoms with Gasteiger partial charge in [0.15, 0.2) is 5.13 Å². The van der Waals surface area contributed by atoms with Crippen molar-refractivity contribution >= 4 is 48.9 Å². The number of para-hydroxylation sites is 1. The molecule has 1 N–H and O–H groups in total. The number of hydrogen-bond acceptors (Lipinski definition) is 9. The molecule has 1 amide bonds. The maximum atomic E-state index is 12.7. The molecule has 0 bridgehead atoms. The predicted molar refractivity (Wildman–Crippen MR) is 107 cm³/mol. The van der Waals surface area contributed by atoms with Crippen molar-refractivity contribution in [3.05, 3.63) is 64.8 Å². The number of benzene rings is 2. The van der Waals surface area contributed by atoms with E-state index in [1.807, 2.05) is 6.07 Å². The summed E-state index contributed by atoms with van der Waals surface area (Å²) in [4.78, 5) is 26.2. The van der Waals surface area contributed by atoms with Gasteiger partial charge in [0.1, 0.15) is 16.3 Å². The lowest BCUT2D eigenvalue weighted by atomic mass is 10.3. The Hall–Kier alpha value is -3.71. The average Bonchev–Trinajstić information content (AvgIpc) is 3.36. The van der Waals surface area contributed by atoms with E-state index in [1.54, 1.807) is 18.2 Å². The van der Waals surface area contributed by atoms with Crippen molar-refractivity contribution in [2.45, 2.75) is 15.6 Å². The van der Waals surface area contributed by atoms with Gasteiger partial charge in [0.25, 0.3) is 5.69 Å². The zero-order valence-electron chi connectivity index (χ0n) is 15.0. The molecular formula is C17H12N6O5S2. The van der Waals surface area contributed by atoms with E-state index in [2.05, 4.69) is 20.6 Å². The first-order chi connectivity index (χ1) is 14.3. The third kappa shape index (κ3) is 3.75. The lowest BCUT2D eigenvalue weighted by Crippen LogP contribution is -2.19. The highest BCUT2D eigenvalue weighted by atomic mass is 32.2. The van der Waals surface area contributed by atoms with E-state index in [-0.39, 0.29) is 26.5 Å². The summed E-state index contributed by atoms with van der Waals surface area (Å²) >= 11 is 0.780. The fourth-order valence-corrected chi connectivity index (χ4v) is 5.08. The number of nitro groups is 1. The fraction of sp³-hybridized carbons (Fsp3) is 0.0588. The first kappa shape index (κ1) is 19.6. The minimum Gasteiger partial charge on any atom is -0.300 e. The number of anilines is 1. The Balaban J connectivity index is 1.49. The van der Waals surface area contributed by atoms with E-state index in [1.165, 1.54) is 4.68 Å². The Kier molecular flexibility index (Phi) is 4.97. The van der Waals surface area contributed by atoms with Gasteiger partial charge < -0.3 is 5.32 Å². The number of aromatic nitrogens is 4. The maximum Gasteiger partial charge on any atom is 0.269 e. The monoisotopic (exact) mass is 444 g/mol. The third-order valence-electron chi connectivity index (χ3n) is 4.07. The van der Waals surface area contributed by atoms with Gasteiger partial charge >= 0.3 is 0 Å². The number of fused-ring (bicyclic) bond motifs is 1. The number of hydrogen-bond donors (Lipinski definition) is 1. The standard InChI is InChI=1S/C17H12N6O5S2/c24-15(10-22-14-4-2-1-3-13(14)20-21-22)19-17-18-9-16(29-17)30(27,28)12-7-5-11(6-8-12)23(25)26/h1-9H,10H2,(H,18,19,24). The van der Waals surface area contributed by atoms with Gasteiger partial charge in [-0.05, 0) is 24.3 Å². The van der Waals surface area contributed by atoms with Crippen LogP contribution in [0.1, 0.15) is 0 Å². The maximum absolute atomic E-state index is 12.7. The van der Waals surface area contributed by atoms with E-state index in [0.717, 1.165) is 41.8 Å². The molecule has 13 heteroatoms. The normalized spacial score (nSPS) is 11.5. The Labute approximate surface area is 173 Å². The highest BCUT2D eigenvalue weighted by Crippen LogP contribution is 2.29. The average molecular weight is 444 g/mol. The first-order valence-corrected chi connectivity index (χ1v) is 10.7. The van der Waals surface area contributed by atoms with Crippen LogP contribution in [0.3, 0.4) is 0 Å². The quantitative estimate of drug-likeness (QED) is 0.351. The van der Waals surface area contributed by atoms with Crippen LogP contribution in [0.15, 0.2) is 63.8 Å². The van der Waals surface area contributed by atoms with Gasteiger partial charge in [-0.2, -0.15) is 0 Å². The van der Waals surface area contributed by atoms with Crippen molar-refractivity contribution in [3.63, 3.8) is 0 Å². The second-order valence-corrected chi connectivity index (χ2v) is 9.23. The van der Waals surface area contributed by atoms with E-state index < -0.39 is 20.7 Å². The summed E-state index contributed by atoms with van der Waals surface area (Å²) in [6, 6.07) is 11.7. The van der Waals surface area contributed by atoms with Gasteiger partial charge in [0.05, 0.1) is 21.5 Å². The van der Waals surface area contributed by atoms with Crippen LogP contribution in [0.5, 0.6) is 0 Å². The summed E-state index contributed by atoms with van der Waals surface area (Å²) in [5.74, 6) is -0.445. The van der Waals surface area contributed by atoms with Crippen LogP contribution in [-0.4, -0.2) is 39.2 Å². The summed E-state index contributed by atoms with van der Waals surface area (Å²) in [6.45, 7) is -0.121. The Morgan fingerprint density at radius 3 is 2.63 bits per heavy atom. The largest absolute Gasteiger partial charge is 0.300 e. The molecule has 2 heterocycles. The second kappa shape index (κ2) is 7.61. The zero-order chi connectivity index (χ0) is 21.3. The molecular weight excluding hydrogens is 432 g/mol. The van der Waals surface area contributed by atoms with Gasteiger partial charge in [-0.1, -0.05) is 28.7 Å². The van der Waals surface area contributed by atoms with Crippen LogP contribution in [-0.2, 0) is 21.2 Å². The molecule has 11 nitrogen and oxygen atoms in total. The number of amides is 1. The highest BCUT2D eigenvalue weighted by molar-refractivity contribution is 7.93. The molecule has 0 unspecified atom stereocenters. The van der Waals surface area contributed by atoms with E-state index in [0.29, 0.717) is 11.0 Å². The van der Waals surface area contributed by atoms with Crippen LogP contribution >= 0.6 is 11.3 Å². The van der Waals surface area contributed by atoms with Gasteiger partial charge in [0, 0.05) is 12.1 Å². The first-order valence-electron chi connectivity index (χ1n) is 8.38. The summed E-state index contributed by atoms with van der Waals surface area (Å²) in [5.41, 5.74) is 1.12. The van der Waals surface area contributed by atoms with E-state index in [9.17, 15) is 23.3 Å². The van der Waals surface area contributed by atoms with E-state index in [4.69, 9.17) is 0 Å². The molecule has 0 saturated carbocycles. The molecule has 0 fully saturated rings. The highest BCUT2D eigenvalue weighted by Gasteiger charge is 2.22. The van der Waals surface area contributed by atoms with Crippen molar-refractivity contribution in [3.8, 4) is 0 Å². The SMILES string of the molecule is O=C(Cn1nnc2ccccc21)Nc1ncc(S(=O)(=O)c2ccc([N+](=O)[O-])cc2)s1. The smallest absolute Gasteiger partial charge is 0.269 e. The van der Waals surface area contributed by atoms with Crippen LogP contribution < -0.4 is 5.32 Å². The Bertz CT molecular complexity index is 1360. The number of carbonyl (C=O) groups is 1. The zero-order valence-corrected chi connectivity index (χ0v) is 16.6. The van der Waals surface area contributed by atoms with Crippen LogP contribution in [0, 0.1) is 10.1 Å². The molecule has 0 spiro atoms. The second-order valence-electron chi connectivity index (χ2n) is 6.02. The van der Waals surface area contributed by atoms with Crippen molar-refractivity contribution in [1.29, 1.82) is 0 Å². The predicted octanol–water partition coefficient (Wildman–Crippen LogP) is 2.27. The number of nitrogens with one attached hydrogen (secondary N) is 1. The Morgan fingerprint density at radius 2 is 1.90 bits per heavy atom. The summed E-state index contributed by atoms with van der Waals surface area (Å²) in [7, 11) is -3.92. The molecule has 0 aliphatic rings. The molecule has 152 valence electrons. The molecule has 2 aromatic carbocycles. The van der Waals surface area contributed by atoms with Crippen LogP contribution in [0.2, 0.25) is 0 Å². The van der Waals surface area contributed by atoms with Crippen LogP contribution in [0.25, 0.3) is 11.0 Å². The van der Waals surface area contributed by atoms with Crippen molar-refractivity contribution in [2.24, 2.45) is 0 Å². The number of thiazole rings is 1. The summed E-state index contributed by atoms with van der Waals surface area (Å²) in [5, 5.41) is 21.3. The fourth-order valence-electron chi connectivity index (χ4n) is 2.63. The number of rotatable bonds is 6. The molecule has 0 radical (unpaired) electrons. The van der Waals surface area contributed by atoms with E-state index >= 15 is 0 Å². The minimum absolute atomic E-state index is 0.0992. The molecule has 0 aliphatic carbocycles. The van der Waals surface area contributed by atoms with Crippen molar-refractivity contribution < 1.29 is 18.1 Å². The number of non-ortho nitro benzene ring substituents is 1. The molecule has 4 rings (SSSR count). The number of carbonyl (C=O) groups excluding carboxylic acids is 1. The molecule has 4 aromatic rings. The molecule has 0 aliphatic heterocycles. The molecule has 2 aromatic heterocycles. The summed E-state index contributed by atoms with van der Waals surface area (Å²) < 4.78 is 26.7. The van der Waals surface area contributed by atoms with Crippen molar-refractivity contribution in [2.75, 3.05) is 5.32 Å². The van der Waals surface area contributed by atoms with Gasteiger partial charge in [-0.25, -0.2) is 18.1 Å². The third-order valence-corrected chi connectivity index (χ3v) is 7.21. The molecule has 30 heavy (non-hydrogen) atoms. The Morgan fingerprint density at radius 1 is 1.17 bits per heavy atom.